The van der Waals surface area contributed by atoms with Crippen molar-refractivity contribution in [1.29, 1.82) is 0 Å². The molecule has 0 aromatic heterocycles. The molecule has 0 atom stereocenters. The summed E-state index contributed by atoms with van der Waals surface area (Å²) in [4.78, 5) is 20.9. The van der Waals surface area contributed by atoms with Crippen LogP contribution in [0.25, 0.3) is 0 Å². The van der Waals surface area contributed by atoms with Crippen LogP contribution in [0.2, 0.25) is 0 Å². The highest BCUT2D eigenvalue weighted by Crippen LogP contribution is 1.96. The third kappa shape index (κ3) is 6.38. The maximum absolute atomic E-state index is 10.7. The van der Waals surface area contributed by atoms with E-state index in [2.05, 4.69) is 13.1 Å². The van der Waals surface area contributed by atoms with Crippen molar-refractivity contribution in [1.82, 2.24) is 0 Å². The summed E-state index contributed by atoms with van der Waals surface area (Å²) in [6, 6.07) is 0. The Labute approximate surface area is 81.3 Å². The van der Waals surface area contributed by atoms with Gasteiger partial charge in [-0.2, -0.15) is 8.42 Å². The normalized spacial score (nSPS) is 10.7. The first kappa shape index (κ1) is 12.8. The van der Waals surface area contributed by atoms with Gasteiger partial charge in [-0.1, -0.05) is 0 Å². The summed E-state index contributed by atoms with van der Waals surface area (Å²) in [7, 11) is -4.32. The summed E-state index contributed by atoms with van der Waals surface area (Å²) in [5.74, 6) is -1.93. The van der Waals surface area contributed by atoms with Crippen molar-refractivity contribution in [3.8, 4) is 0 Å². The van der Waals surface area contributed by atoms with Crippen LogP contribution >= 0.6 is 0 Å². The molecule has 0 spiro atoms. The number of esters is 1. The Kier molecular flexibility index (Phi) is 5.10. The van der Waals surface area contributed by atoms with Gasteiger partial charge in [0.05, 0.1) is 6.61 Å². The van der Waals surface area contributed by atoms with Gasteiger partial charge in [0.1, 0.15) is 0 Å². The molecule has 0 rings (SSSR count). The molecule has 0 N–H and O–H groups in total. The van der Waals surface area contributed by atoms with Gasteiger partial charge in [0.15, 0.2) is 6.61 Å². The van der Waals surface area contributed by atoms with Crippen LogP contribution in [0.5, 0.6) is 0 Å². The monoisotopic (exact) mass is 226 g/mol. The van der Waals surface area contributed by atoms with Crippen LogP contribution in [-0.2, 0) is 33.1 Å². The predicted molar refractivity (Wildman–Crippen MR) is 43.3 cm³/mol. The topological polar surface area (TPSA) is 96.0 Å². The average molecular weight is 226 g/mol. The quantitative estimate of drug-likeness (QED) is 0.576. The van der Waals surface area contributed by atoms with Crippen LogP contribution in [-0.4, -0.2) is 33.6 Å². The first-order chi connectivity index (χ1) is 6.37. The minimum atomic E-state index is -4.32. The summed E-state index contributed by atoms with van der Waals surface area (Å²) in [6.07, 6.45) is 0. The van der Waals surface area contributed by atoms with Crippen LogP contribution in [0, 0.1) is 0 Å². The number of rotatable bonds is 5. The van der Waals surface area contributed by atoms with Crippen molar-refractivity contribution < 1.29 is 31.1 Å². The van der Waals surface area contributed by atoms with Crippen molar-refractivity contribution in [2.75, 3.05) is 13.2 Å². The molecule has 82 valence electrons. The summed E-state index contributed by atoms with van der Waals surface area (Å²) >= 11 is 0. The van der Waals surface area contributed by atoms with Gasteiger partial charge in [-0.15, -0.1) is 0 Å². The number of hydrogen-bond donors (Lipinski definition) is 0. The lowest BCUT2D eigenvalue weighted by Crippen LogP contribution is -2.20. The lowest BCUT2D eigenvalue weighted by molar-refractivity contribution is -0.152. The molecule has 0 aliphatic heterocycles. The molecule has 0 unspecified atom stereocenters. The Balaban J connectivity index is 4.00. The summed E-state index contributed by atoms with van der Waals surface area (Å²) in [5, 5.41) is 0. The zero-order valence-electron chi connectivity index (χ0n) is 7.68. The fourth-order valence-electron chi connectivity index (χ4n) is 0.467. The van der Waals surface area contributed by atoms with Gasteiger partial charge in [-0.25, -0.2) is 8.98 Å². The van der Waals surface area contributed by atoms with Crippen molar-refractivity contribution >= 4 is 22.3 Å². The van der Waals surface area contributed by atoms with E-state index in [9.17, 15) is 18.0 Å². The first-order valence-electron chi connectivity index (χ1n) is 3.62. The summed E-state index contributed by atoms with van der Waals surface area (Å²) < 4.78 is 33.5. The SMILES string of the molecule is CCOS(=O)(=O)OC(=O)COC(C)=O. The van der Waals surface area contributed by atoms with Crippen LogP contribution in [0.4, 0.5) is 0 Å². The van der Waals surface area contributed by atoms with Gasteiger partial charge in [0.2, 0.25) is 0 Å². The van der Waals surface area contributed by atoms with E-state index in [-0.39, 0.29) is 6.61 Å². The van der Waals surface area contributed by atoms with Gasteiger partial charge < -0.3 is 8.92 Å². The van der Waals surface area contributed by atoms with Crippen molar-refractivity contribution in [3.63, 3.8) is 0 Å². The minimum Gasteiger partial charge on any atom is -0.454 e. The van der Waals surface area contributed by atoms with Crippen LogP contribution < -0.4 is 0 Å². The van der Waals surface area contributed by atoms with E-state index in [0.29, 0.717) is 0 Å². The smallest absolute Gasteiger partial charge is 0.451 e. The van der Waals surface area contributed by atoms with E-state index in [1.54, 1.807) is 0 Å². The Morgan fingerprint density at radius 3 is 2.29 bits per heavy atom. The molecule has 0 heterocycles. The highest BCUT2D eigenvalue weighted by Gasteiger charge is 2.17. The van der Waals surface area contributed by atoms with E-state index >= 15 is 0 Å². The molecule has 0 aromatic carbocycles. The van der Waals surface area contributed by atoms with Gasteiger partial charge in [0.25, 0.3) is 0 Å². The molecular weight excluding hydrogens is 216 g/mol. The Bertz CT molecular complexity index is 304. The second kappa shape index (κ2) is 5.55. The molecule has 8 heteroatoms. The molecule has 0 saturated heterocycles. The molecule has 0 aromatic rings. The van der Waals surface area contributed by atoms with E-state index in [1.165, 1.54) is 6.92 Å². The Morgan fingerprint density at radius 2 is 1.86 bits per heavy atom. The Morgan fingerprint density at radius 1 is 1.29 bits per heavy atom. The molecule has 0 radical (unpaired) electrons. The lowest BCUT2D eigenvalue weighted by Gasteiger charge is -2.03. The van der Waals surface area contributed by atoms with Crippen LogP contribution in [0.1, 0.15) is 13.8 Å². The van der Waals surface area contributed by atoms with Gasteiger partial charge in [-0.05, 0) is 6.92 Å². The first-order valence-corrected chi connectivity index (χ1v) is 4.95. The molecule has 0 aliphatic carbocycles. The molecular formula is C6H10O7S. The fraction of sp³-hybridized carbons (Fsp3) is 0.667. The van der Waals surface area contributed by atoms with Crippen molar-refractivity contribution in [3.05, 3.63) is 0 Å². The van der Waals surface area contributed by atoms with E-state index in [4.69, 9.17) is 0 Å². The summed E-state index contributed by atoms with van der Waals surface area (Å²) in [5.41, 5.74) is 0. The summed E-state index contributed by atoms with van der Waals surface area (Å²) in [6.45, 7) is 1.58. The van der Waals surface area contributed by atoms with E-state index in [0.717, 1.165) is 6.92 Å². The molecule has 0 fully saturated rings. The van der Waals surface area contributed by atoms with Crippen LogP contribution in [0.15, 0.2) is 0 Å². The zero-order valence-corrected chi connectivity index (χ0v) is 8.50. The van der Waals surface area contributed by atoms with E-state index in [1.807, 2.05) is 0 Å². The van der Waals surface area contributed by atoms with Gasteiger partial charge in [-0.3, -0.25) is 4.79 Å². The standard InChI is InChI=1S/C6H10O7S/c1-3-12-14(9,10)13-6(8)4-11-5(2)7/h3-4H2,1-2H3. The second-order valence-electron chi connectivity index (χ2n) is 2.05. The highest BCUT2D eigenvalue weighted by molar-refractivity contribution is 7.82. The molecule has 0 bridgehead atoms. The molecule has 7 nitrogen and oxygen atoms in total. The second-order valence-corrected chi connectivity index (χ2v) is 3.27. The molecule has 0 saturated carbocycles. The Hall–Kier alpha value is -1.15. The number of carbonyl (C=O) groups is 2. The number of ether oxygens (including phenoxy) is 1. The minimum absolute atomic E-state index is 0.150. The maximum atomic E-state index is 10.7. The average Bonchev–Trinajstić information content (AvgIpc) is 1.99. The van der Waals surface area contributed by atoms with Gasteiger partial charge >= 0.3 is 22.3 Å². The molecule has 14 heavy (non-hydrogen) atoms. The number of carbonyl (C=O) groups excluding carboxylic acids is 2. The van der Waals surface area contributed by atoms with Crippen molar-refractivity contribution in [2.24, 2.45) is 0 Å². The third-order valence-corrected chi connectivity index (χ3v) is 1.76. The van der Waals surface area contributed by atoms with Gasteiger partial charge in [0, 0.05) is 6.92 Å². The molecule has 0 amide bonds. The van der Waals surface area contributed by atoms with E-state index < -0.39 is 28.9 Å². The van der Waals surface area contributed by atoms with Crippen LogP contribution in [0.3, 0.4) is 0 Å². The third-order valence-electron chi connectivity index (χ3n) is 0.850. The lowest BCUT2D eigenvalue weighted by atomic mass is 10.7. The van der Waals surface area contributed by atoms with Crippen molar-refractivity contribution in [2.45, 2.75) is 13.8 Å². The largest absolute Gasteiger partial charge is 0.454 e. The molecule has 0 aliphatic rings. The fourth-order valence-corrected chi connectivity index (χ4v) is 1.08. The predicted octanol–water partition coefficient (Wildman–Crippen LogP) is -0.626. The highest BCUT2D eigenvalue weighted by atomic mass is 32.3. The maximum Gasteiger partial charge on any atom is 0.451 e. The number of hydrogen-bond acceptors (Lipinski definition) is 7. The zero-order chi connectivity index (χ0) is 11.2.